The van der Waals surface area contributed by atoms with Crippen LogP contribution in [0.1, 0.15) is 18.4 Å². The molecule has 0 amide bonds. The zero-order valence-corrected chi connectivity index (χ0v) is 8.23. The van der Waals surface area contributed by atoms with Gasteiger partial charge in [0, 0.05) is 0 Å². The van der Waals surface area contributed by atoms with E-state index in [0.29, 0.717) is 5.56 Å². The van der Waals surface area contributed by atoms with E-state index in [1.807, 2.05) is 0 Å². The van der Waals surface area contributed by atoms with E-state index >= 15 is 0 Å². The number of benzene rings is 1. The minimum atomic E-state index is -2.67. The highest BCUT2D eigenvalue weighted by atomic mass is 19.3. The second-order valence-electron chi connectivity index (χ2n) is 3.40. The van der Waals surface area contributed by atoms with Crippen LogP contribution >= 0.6 is 0 Å². The fraction of sp³-hybridized carbons (Fsp3) is 0.364. The summed E-state index contributed by atoms with van der Waals surface area (Å²) in [6.45, 7) is 1.30. The molecule has 0 aliphatic carbocycles. The number of carboxylic acids is 1. The van der Waals surface area contributed by atoms with E-state index < -0.39 is 24.2 Å². The van der Waals surface area contributed by atoms with Gasteiger partial charge in [0.1, 0.15) is 0 Å². The summed E-state index contributed by atoms with van der Waals surface area (Å²) in [7, 11) is 0. The summed E-state index contributed by atoms with van der Waals surface area (Å²) in [6, 6.07) is 8.00. The first-order chi connectivity index (χ1) is 7.04. The molecule has 1 N–H and O–H groups in total. The predicted octanol–water partition coefficient (Wildman–Crippen LogP) is 2.76. The molecular weight excluding hydrogens is 202 g/mol. The predicted molar refractivity (Wildman–Crippen MR) is 52.0 cm³/mol. The fourth-order valence-corrected chi connectivity index (χ4v) is 1.48. The van der Waals surface area contributed by atoms with E-state index in [0.717, 1.165) is 0 Å². The topological polar surface area (TPSA) is 37.3 Å². The first-order valence-electron chi connectivity index (χ1n) is 4.60. The summed E-state index contributed by atoms with van der Waals surface area (Å²) in [6.07, 6.45) is -2.67. The van der Waals surface area contributed by atoms with Gasteiger partial charge in [0.15, 0.2) is 0 Å². The van der Waals surface area contributed by atoms with Gasteiger partial charge in [0.2, 0.25) is 6.43 Å². The van der Waals surface area contributed by atoms with Gasteiger partial charge in [0.25, 0.3) is 0 Å². The minimum absolute atomic E-state index is 0.363. The average Bonchev–Trinajstić information content (AvgIpc) is 2.18. The van der Waals surface area contributed by atoms with Gasteiger partial charge in [-0.05, 0) is 5.56 Å². The largest absolute Gasteiger partial charge is 0.481 e. The Bertz CT molecular complexity index is 325. The molecule has 0 aliphatic rings. The maximum atomic E-state index is 12.7. The van der Waals surface area contributed by atoms with Crippen LogP contribution in [0.2, 0.25) is 0 Å². The lowest BCUT2D eigenvalue weighted by atomic mass is 9.87. The average molecular weight is 214 g/mol. The molecule has 0 bridgehead atoms. The monoisotopic (exact) mass is 214 g/mol. The van der Waals surface area contributed by atoms with E-state index in [1.54, 1.807) is 18.2 Å². The Labute approximate surface area is 86.5 Å². The molecule has 2 nitrogen and oxygen atoms in total. The third-order valence-electron chi connectivity index (χ3n) is 2.38. The van der Waals surface area contributed by atoms with Crippen LogP contribution in [0.25, 0.3) is 0 Å². The van der Waals surface area contributed by atoms with Gasteiger partial charge in [-0.25, -0.2) is 8.78 Å². The normalized spacial score (nSPS) is 14.9. The van der Waals surface area contributed by atoms with Crippen LogP contribution in [-0.4, -0.2) is 17.5 Å². The number of hydrogen-bond donors (Lipinski definition) is 1. The third kappa shape index (κ3) is 2.75. The minimum Gasteiger partial charge on any atom is -0.481 e. The molecule has 1 rings (SSSR count). The number of alkyl halides is 2. The summed E-state index contributed by atoms with van der Waals surface area (Å²) >= 11 is 0. The first kappa shape index (κ1) is 11.6. The highest BCUT2D eigenvalue weighted by Gasteiger charge is 2.32. The van der Waals surface area contributed by atoms with Crippen molar-refractivity contribution in [2.45, 2.75) is 19.3 Å². The van der Waals surface area contributed by atoms with Crippen LogP contribution in [0.3, 0.4) is 0 Å². The molecule has 0 saturated carbocycles. The zero-order valence-electron chi connectivity index (χ0n) is 8.23. The third-order valence-corrected chi connectivity index (χ3v) is 2.38. The molecule has 0 heterocycles. The Morgan fingerprint density at radius 1 is 1.27 bits per heavy atom. The van der Waals surface area contributed by atoms with Crippen LogP contribution in [0.5, 0.6) is 0 Å². The molecule has 4 heteroatoms. The zero-order chi connectivity index (χ0) is 11.4. The van der Waals surface area contributed by atoms with Crippen molar-refractivity contribution in [3.05, 3.63) is 35.9 Å². The molecule has 1 aromatic rings. The molecule has 0 spiro atoms. The molecule has 0 aromatic heterocycles. The number of rotatable bonds is 4. The highest BCUT2D eigenvalue weighted by Crippen LogP contribution is 2.30. The Hall–Kier alpha value is -1.45. The summed E-state index contributed by atoms with van der Waals surface area (Å²) in [5, 5.41) is 8.73. The Balaban J connectivity index is 2.99. The lowest BCUT2D eigenvalue weighted by Crippen LogP contribution is -2.24. The second-order valence-corrected chi connectivity index (χ2v) is 3.40. The van der Waals surface area contributed by atoms with Gasteiger partial charge in [-0.1, -0.05) is 37.3 Å². The van der Waals surface area contributed by atoms with E-state index in [4.69, 9.17) is 5.11 Å². The first-order valence-corrected chi connectivity index (χ1v) is 4.60. The maximum absolute atomic E-state index is 12.7. The molecule has 2 unspecified atom stereocenters. The van der Waals surface area contributed by atoms with Gasteiger partial charge < -0.3 is 5.11 Å². The van der Waals surface area contributed by atoms with Crippen LogP contribution in [0, 0.1) is 5.92 Å². The van der Waals surface area contributed by atoms with Gasteiger partial charge in [-0.15, -0.1) is 0 Å². The van der Waals surface area contributed by atoms with Crippen molar-refractivity contribution in [1.29, 1.82) is 0 Å². The lowest BCUT2D eigenvalue weighted by molar-refractivity contribution is -0.143. The molecule has 82 valence electrons. The smallest absolute Gasteiger partial charge is 0.307 e. The van der Waals surface area contributed by atoms with Crippen molar-refractivity contribution in [2.24, 2.45) is 5.92 Å². The molecule has 15 heavy (non-hydrogen) atoms. The van der Waals surface area contributed by atoms with Gasteiger partial charge in [-0.3, -0.25) is 4.79 Å². The standard InChI is InChI=1S/C11H12F2O2/c1-7(11(14)15)9(10(12)13)8-5-3-2-4-6-8/h2-7,9-10H,1H3,(H,14,15). The molecule has 0 saturated heterocycles. The Kier molecular flexibility index (Phi) is 3.77. The Morgan fingerprint density at radius 2 is 1.80 bits per heavy atom. The molecule has 0 radical (unpaired) electrons. The summed E-state index contributed by atoms with van der Waals surface area (Å²) in [5.41, 5.74) is 0.363. The molecule has 1 aromatic carbocycles. The van der Waals surface area contributed by atoms with Crippen molar-refractivity contribution in [2.75, 3.05) is 0 Å². The van der Waals surface area contributed by atoms with E-state index in [-0.39, 0.29) is 0 Å². The van der Waals surface area contributed by atoms with Gasteiger partial charge >= 0.3 is 5.97 Å². The fourth-order valence-electron chi connectivity index (χ4n) is 1.48. The van der Waals surface area contributed by atoms with Gasteiger partial charge in [0.05, 0.1) is 11.8 Å². The van der Waals surface area contributed by atoms with E-state index in [1.165, 1.54) is 19.1 Å². The summed E-state index contributed by atoms with van der Waals surface area (Å²) < 4.78 is 25.5. The van der Waals surface area contributed by atoms with Crippen molar-refractivity contribution in [1.82, 2.24) is 0 Å². The van der Waals surface area contributed by atoms with E-state index in [2.05, 4.69) is 0 Å². The molecule has 2 atom stereocenters. The van der Waals surface area contributed by atoms with Crippen LogP contribution in [0.15, 0.2) is 30.3 Å². The van der Waals surface area contributed by atoms with Crippen molar-refractivity contribution >= 4 is 5.97 Å². The Morgan fingerprint density at radius 3 is 2.20 bits per heavy atom. The van der Waals surface area contributed by atoms with Crippen LogP contribution in [-0.2, 0) is 4.79 Å². The summed E-state index contributed by atoms with van der Waals surface area (Å²) in [4.78, 5) is 10.7. The number of halogens is 2. The summed E-state index contributed by atoms with van der Waals surface area (Å²) in [5.74, 6) is -3.54. The quantitative estimate of drug-likeness (QED) is 0.836. The number of hydrogen-bond acceptors (Lipinski definition) is 1. The SMILES string of the molecule is CC(C(=O)O)C(c1ccccc1)C(F)F. The van der Waals surface area contributed by atoms with Crippen molar-refractivity contribution < 1.29 is 18.7 Å². The number of carbonyl (C=O) groups is 1. The van der Waals surface area contributed by atoms with Crippen LogP contribution in [0.4, 0.5) is 8.78 Å². The maximum Gasteiger partial charge on any atom is 0.307 e. The molecular formula is C11H12F2O2. The number of carboxylic acid groups (broad SMARTS) is 1. The van der Waals surface area contributed by atoms with Crippen molar-refractivity contribution in [3.63, 3.8) is 0 Å². The number of aliphatic carboxylic acids is 1. The molecule has 0 fully saturated rings. The van der Waals surface area contributed by atoms with Crippen molar-refractivity contribution in [3.8, 4) is 0 Å². The molecule has 0 aliphatic heterocycles. The second kappa shape index (κ2) is 4.87. The van der Waals surface area contributed by atoms with Crippen LogP contribution < -0.4 is 0 Å². The van der Waals surface area contributed by atoms with E-state index in [9.17, 15) is 13.6 Å². The lowest BCUT2D eigenvalue weighted by Gasteiger charge is -2.20. The van der Waals surface area contributed by atoms with Gasteiger partial charge in [-0.2, -0.15) is 0 Å². The highest BCUT2D eigenvalue weighted by molar-refractivity contribution is 5.71.